The standard InChI is InChI=1S/C8H9BrN2O3/c1-2-13-8(12)11-10-5-6-3-4-7(9)14-6/h3-5H,2H2,1H3,(H,11,12). The third-order valence-electron chi connectivity index (χ3n) is 1.22. The summed E-state index contributed by atoms with van der Waals surface area (Å²) in [6, 6.07) is 3.44. The van der Waals surface area contributed by atoms with Gasteiger partial charge >= 0.3 is 6.09 Å². The third kappa shape index (κ3) is 3.61. The Bertz CT molecular complexity index is 335. The number of hydrazone groups is 1. The van der Waals surface area contributed by atoms with E-state index in [0.29, 0.717) is 17.0 Å². The molecule has 5 nitrogen and oxygen atoms in total. The van der Waals surface area contributed by atoms with E-state index in [1.54, 1.807) is 19.1 Å². The second-order valence-corrected chi connectivity index (χ2v) is 3.01. The monoisotopic (exact) mass is 260 g/mol. The zero-order valence-corrected chi connectivity index (χ0v) is 9.08. The second-order valence-electron chi connectivity index (χ2n) is 2.23. The Balaban J connectivity index is 2.37. The number of ether oxygens (including phenoxy) is 1. The van der Waals surface area contributed by atoms with Gasteiger partial charge in [-0.3, -0.25) is 0 Å². The molecule has 0 aliphatic heterocycles. The maximum atomic E-state index is 10.8. The molecule has 1 aromatic heterocycles. The molecule has 0 bridgehead atoms. The SMILES string of the molecule is CCOC(=O)NN=Cc1ccc(Br)o1. The highest BCUT2D eigenvalue weighted by Crippen LogP contribution is 2.11. The quantitative estimate of drug-likeness (QED) is 0.669. The molecule has 0 spiro atoms. The van der Waals surface area contributed by atoms with Gasteiger partial charge in [-0.1, -0.05) is 0 Å². The van der Waals surface area contributed by atoms with Crippen molar-refractivity contribution in [1.82, 2.24) is 5.43 Å². The molecule has 1 heterocycles. The lowest BCUT2D eigenvalue weighted by molar-refractivity contribution is 0.152. The molecule has 0 aliphatic carbocycles. The minimum atomic E-state index is -0.589. The minimum Gasteiger partial charge on any atom is -0.449 e. The molecule has 0 aromatic carbocycles. The molecule has 1 N–H and O–H groups in total. The minimum absolute atomic E-state index is 0.313. The number of amides is 1. The molecule has 14 heavy (non-hydrogen) atoms. The van der Waals surface area contributed by atoms with E-state index in [4.69, 9.17) is 4.42 Å². The van der Waals surface area contributed by atoms with Crippen LogP contribution in [0.3, 0.4) is 0 Å². The van der Waals surface area contributed by atoms with Crippen molar-refractivity contribution in [3.63, 3.8) is 0 Å². The van der Waals surface area contributed by atoms with Gasteiger partial charge in [0.1, 0.15) is 5.76 Å². The van der Waals surface area contributed by atoms with Gasteiger partial charge in [0.25, 0.3) is 0 Å². The molecule has 0 radical (unpaired) electrons. The van der Waals surface area contributed by atoms with Crippen molar-refractivity contribution in [3.05, 3.63) is 22.6 Å². The average Bonchev–Trinajstić information content (AvgIpc) is 2.52. The maximum Gasteiger partial charge on any atom is 0.427 e. The Hall–Kier alpha value is -1.30. The van der Waals surface area contributed by atoms with E-state index in [9.17, 15) is 4.79 Å². The lowest BCUT2D eigenvalue weighted by Gasteiger charge is -1.97. The first kappa shape index (κ1) is 10.8. The van der Waals surface area contributed by atoms with E-state index in [1.165, 1.54) is 6.21 Å². The van der Waals surface area contributed by atoms with Crippen LogP contribution in [-0.4, -0.2) is 18.9 Å². The van der Waals surface area contributed by atoms with Crippen LogP contribution in [0, 0.1) is 0 Å². The summed E-state index contributed by atoms with van der Waals surface area (Å²) in [5, 5.41) is 3.61. The molecule has 1 rings (SSSR count). The molecule has 0 saturated heterocycles. The average molecular weight is 261 g/mol. The first-order valence-electron chi connectivity index (χ1n) is 3.93. The molecule has 1 aromatic rings. The van der Waals surface area contributed by atoms with Crippen molar-refractivity contribution >= 4 is 28.2 Å². The molecule has 76 valence electrons. The van der Waals surface area contributed by atoms with Crippen LogP contribution in [-0.2, 0) is 4.74 Å². The van der Waals surface area contributed by atoms with Gasteiger partial charge in [-0.2, -0.15) is 5.10 Å². The first-order chi connectivity index (χ1) is 6.72. The van der Waals surface area contributed by atoms with E-state index < -0.39 is 6.09 Å². The fourth-order valence-electron chi connectivity index (χ4n) is 0.710. The number of hydrogen-bond donors (Lipinski definition) is 1. The predicted molar refractivity (Wildman–Crippen MR) is 54.2 cm³/mol. The molecule has 0 unspecified atom stereocenters. The summed E-state index contributed by atoms with van der Waals surface area (Å²) < 4.78 is 10.3. The van der Waals surface area contributed by atoms with Crippen LogP contribution in [0.15, 0.2) is 26.3 Å². The highest BCUT2D eigenvalue weighted by Gasteiger charge is 1.97. The second kappa shape index (κ2) is 5.43. The molecular weight excluding hydrogens is 252 g/mol. The fraction of sp³-hybridized carbons (Fsp3) is 0.250. The molecule has 0 atom stereocenters. The van der Waals surface area contributed by atoms with Crippen LogP contribution in [0.25, 0.3) is 0 Å². The van der Waals surface area contributed by atoms with E-state index in [-0.39, 0.29) is 0 Å². The van der Waals surface area contributed by atoms with Gasteiger partial charge in [0.05, 0.1) is 12.8 Å². The van der Waals surface area contributed by atoms with Gasteiger partial charge in [-0.25, -0.2) is 10.2 Å². The zero-order valence-electron chi connectivity index (χ0n) is 7.49. The third-order valence-corrected chi connectivity index (χ3v) is 1.64. The van der Waals surface area contributed by atoms with Crippen molar-refractivity contribution in [2.75, 3.05) is 6.61 Å². The Morgan fingerprint density at radius 2 is 2.57 bits per heavy atom. The highest BCUT2D eigenvalue weighted by molar-refractivity contribution is 9.10. The van der Waals surface area contributed by atoms with Gasteiger partial charge in [-0.05, 0) is 35.0 Å². The zero-order chi connectivity index (χ0) is 10.4. The van der Waals surface area contributed by atoms with Crippen LogP contribution in [0.5, 0.6) is 0 Å². The topological polar surface area (TPSA) is 63.8 Å². The molecule has 0 saturated carbocycles. The summed E-state index contributed by atoms with van der Waals surface area (Å²) in [4.78, 5) is 10.8. The Labute approximate surface area is 89.2 Å². The van der Waals surface area contributed by atoms with Gasteiger partial charge in [0, 0.05) is 0 Å². The number of carbonyl (C=O) groups excluding carboxylic acids is 1. The van der Waals surface area contributed by atoms with E-state index in [2.05, 4.69) is 31.2 Å². The molecule has 0 aliphatic rings. The lowest BCUT2D eigenvalue weighted by atomic mass is 10.5. The van der Waals surface area contributed by atoms with Gasteiger partial charge in [-0.15, -0.1) is 0 Å². The van der Waals surface area contributed by atoms with Crippen molar-refractivity contribution in [2.45, 2.75) is 6.92 Å². The van der Waals surface area contributed by atoms with Gasteiger partial charge < -0.3 is 9.15 Å². The molecule has 0 fully saturated rings. The summed E-state index contributed by atoms with van der Waals surface area (Å²) in [5.74, 6) is 0.536. The van der Waals surface area contributed by atoms with Crippen molar-refractivity contribution in [3.8, 4) is 0 Å². The van der Waals surface area contributed by atoms with Crippen LogP contribution < -0.4 is 5.43 Å². The number of carbonyl (C=O) groups is 1. The molecular formula is C8H9BrN2O3. The maximum absolute atomic E-state index is 10.8. The molecule has 1 amide bonds. The van der Waals surface area contributed by atoms with E-state index in [1.807, 2.05) is 0 Å². The smallest absolute Gasteiger partial charge is 0.427 e. The number of hydrogen-bond acceptors (Lipinski definition) is 4. The summed E-state index contributed by atoms with van der Waals surface area (Å²) in [5.41, 5.74) is 2.17. The summed E-state index contributed by atoms with van der Waals surface area (Å²) in [6.07, 6.45) is 0.788. The Morgan fingerprint density at radius 3 is 3.14 bits per heavy atom. The number of rotatable bonds is 3. The summed E-state index contributed by atoms with van der Waals surface area (Å²) >= 11 is 3.14. The van der Waals surface area contributed by atoms with Crippen LogP contribution in [0.2, 0.25) is 0 Å². The Kier molecular flexibility index (Phi) is 4.18. The van der Waals surface area contributed by atoms with Gasteiger partial charge in [0.2, 0.25) is 0 Å². The first-order valence-corrected chi connectivity index (χ1v) is 4.73. The summed E-state index contributed by atoms with van der Waals surface area (Å²) in [6.45, 7) is 2.03. The number of nitrogens with one attached hydrogen (secondary N) is 1. The van der Waals surface area contributed by atoms with Gasteiger partial charge in [0.15, 0.2) is 4.67 Å². The van der Waals surface area contributed by atoms with E-state index >= 15 is 0 Å². The summed E-state index contributed by atoms with van der Waals surface area (Å²) in [7, 11) is 0. The van der Waals surface area contributed by atoms with Crippen LogP contribution in [0.4, 0.5) is 4.79 Å². The predicted octanol–water partition coefficient (Wildman–Crippen LogP) is 2.12. The van der Waals surface area contributed by atoms with E-state index in [0.717, 1.165) is 0 Å². The largest absolute Gasteiger partial charge is 0.449 e. The highest BCUT2D eigenvalue weighted by atomic mass is 79.9. The number of furan rings is 1. The number of nitrogens with zero attached hydrogens (tertiary/aromatic N) is 1. The number of halogens is 1. The van der Waals surface area contributed by atoms with Crippen molar-refractivity contribution in [2.24, 2.45) is 5.10 Å². The van der Waals surface area contributed by atoms with Crippen LogP contribution in [0.1, 0.15) is 12.7 Å². The van der Waals surface area contributed by atoms with Crippen molar-refractivity contribution < 1.29 is 13.9 Å². The van der Waals surface area contributed by atoms with Crippen LogP contribution >= 0.6 is 15.9 Å². The normalized spacial score (nSPS) is 10.4. The lowest BCUT2D eigenvalue weighted by Crippen LogP contribution is -2.18. The fourth-order valence-corrected chi connectivity index (χ4v) is 1.03. The molecule has 6 heteroatoms. The van der Waals surface area contributed by atoms with Crippen molar-refractivity contribution in [1.29, 1.82) is 0 Å². The Morgan fingerprint density at radius 1 is 1.79 bits per heavy atom.